The van der Waals surface area contributed by atoms with Crippen molar-refractivity contribution in [3.8, 4) is 6.07 Å². The third-order valence-corrected chi connectivity index (χ3v) is 5.36. The minimum absolute atomic E-state index is 0.135. The standard InChI is InChI=1S/C13H17N3O2S/c14-9-11-4-3-6-13(8-11)19(17,18)16-7-2-1-5-12(16)10-15/h3-4,6,8,12H,1-2,5,7,10,15H2/t12-/m0/s1. The van der Waals surface area contributed by atoms with Crippen molar-refractivity contribution < 1.29 is 8.42 Å². The topological polar surface area (TPSA) is 87.2 Å². The van der Waals surface area contributed by atoms with E-state index in [1.54, 1.807) is 12.1 Å². The summed E-state index contributed by atoms with van der Waals surface area (Å²) >= 11 is 0. The van der Waals surface area contributed by atoms with Crippen molar-refractivity contribution in [1.29, 1.82) is 5.26 Å². The fraction of sp³-hybridized carbons (Fsp3) is 0.462. The molecule has 0 aliphatic carbocycles. The number of rotatable bonds is 3. The van der Waals surface area contributed by atoms with Crippen LogP contribution in [-0.4, -0.2) is 31.9 Å². The average molecular weight is 279 g/mol. The summed E-state index contributed by atoms with van der Waals surface area (Å²) in [5.41, 5.74) is 6.02. The van der Waals surface area contributed by atoms with Crippen LogP contribution in [0, 0.1) is 11.3 Å². The number of hydrogen-bond donors (Lipinski definition) is 1. The number of nitrogens with zero attached hydrogens (tertiary/aromatic N) is 2. The first-order chi connectivity index (χ1) is 9.09. The van der Waals surface area contributed by atoms with Crippen LogP contribution in [0.4, 0.5) is 0 Å². The minimum Gasteiger partial charge on any atom is -0.329 e. The van der Waals surface area contributed by atoms with E-state index in [9.17, 15) is 8.42 Å². The number of hydrogen-bond acceptors (Lipinski definition) is 4. The molecule has 102 valence electrons. The molecule has 0 bridgehead atoms. The summed E-state index contributed by atoms with van der Waals surface area (Å²) in [6.07, 6.45) is 2.66. The highest BCUT2D eigenvalue weighted by Gasteiger charge is 2.32. The zero-order chi connectivity index (χ0) is 13.9. The molecule has 1 aliphatic heterocycles. The molecular weight excluding hydrogens is 262 g/mol. The molecule has 6 heteroatoms. The summed E-state index contributed by atoms with van der Waals surface area (Å²) in [7, 11) is -3.55. The molecule has 1 aromatic rings. The zero-order valence-electron chi connectivity index (χ0n) is 10.6. The number of nitriles is 1. The first-order valence-corrected chi connectivity index (χ1v) is 7.75. The van der Waals surface area contributed by atoms with Gasteiger partial charge < -0.3 is 5.73 Å². The van der Waals surface area contributed by atoms with Gasteiger partial charge in [-0.3, -0.25) is 0 Å². The lowest BCUT2D eigenvalue weighted by atomic mass is 10.1. The maximum Gasteiger partial charge on any atom is 0.243 e. The molecule has 0 aromatic heterocycles. The van der Waals surface area contributed by atoms with Crippen molar-refractivity contribution in [2.45, 2.75) is 30.2 Å². The predicted molar refractivity (Wildman–Crippen MR) is 71.7 cm³/mol. The Bertz CT molecular complexity index is 592. The van der Waals surface area contributed by atoms with E-state index in [4.69, 9.17) is 11.0 Å². The summed E-state index contributed by atoms with van der Waals surface area (Å²) in [6, 6.07) is 7.95. The predicted octanol–water partition coefficient (Wildman–Crippen LogP) is 1.06. The molecule has 2 N–H and O–H groups in total. The lowest BCUT2D eigenvalue weighted by Gasteiger charge is -2.33. The van der Waals surface area contributed by atoms with Crippen molar-refractivity contribution in [3.05, 3.63) is 29.8 Å². The highest BCUT2D eigenvalue weighted by molar-refractivity contribution is 7.89. The molecule has 0 amide bonds. The van der Waals surface area contributed by atoms with E-state index in [0.29, 0.717) is 18.7 Å². The van der Waals surface area contributed by atoms with Gasteiger partial charge in [-0.25, -0.2) is 8.42 Å². The van der Waals surface area contributed by atoms with Gasteiger partial charge in [0.25, 0.3) is 0 Å². The minimum atomic E-state index is -3.55. The maximum atomic E-state index is 12.6. The molecule has 5 nitrogen and oxygen atoms in total. The average Bonchev–Trinajstić information content (AvgIpc) is 2.47. The summed E-state index contributed by atoms with van der Waals surface area (Å²) in [5, 5.41) is 8.86. The summed E-state index contributed by atoms with van der Waals surface area (Å²) in [4.78, 5) is 0.173. The van der Waals surface area contributed by atoms with Gasteiger partial charge in [0.1, 0.15) is 0 Å². The number of nitrogens with two attached hydrogens (primary N) is 1. The van der Waals surface area contributed by atoms with E-state index >= 15 is 0 Å². The molecular formula is C13H17N3O2S. The van der Waals surface area contributed by atoms with Crippen LogP contribution >= 0.6 is 0 Å². The molecule has 0 spiro atoms. The van der Waals surface area contributed by atoms with Crippen molar-refractivity contribution >= 4 is 10.0 Å². The number of piperidine rings is 1. The monoisotopic (exact) mass is 279 g/mol. The molecule has 1 saturated heterocycles. The molecule has 0 saturated carbocycles. The molecule has 0 radical (unpaired) electrons. The van der Waals surface area contributed by atoms with E-state index in [1.165, 1.54) is 16.4 Å². The Morgan fingerprint density at radius 2 is 2.21 bits per heavy atom. The van der Waals surface area contributed by atoms with Crippen LogP contribution in [0.1, 0.15) is 24.8 Å². The largest absolute Gasteiger partial charge is 0.329 e. The van der Waals surface area contributed by atoms with E-state index < -0.39 is 10.0 Å². The van der Waals surface area contributed by atoms with Gasteiger partial charge in [0.2, 0.25) is 10.0 Å². The molecule has 1 aliphatic rings. The number of benzene rings is 1. The maximum absolute atomic E-state index is 12.6. The second-order valence-corrected chi connectivity index (χ2v) is 6.53. The fourth-order valence-corrected chi connectivity index (χ4v) is 4.14. The van der Waals surface area contributed by atoms with E-state index in [1.807, 2.05) is 6.07 Å². The van der Waals surface area contributed by atoms with E-state index in [-0.39, 0.29) is 10.9 Å². The van der Waals surface area contributed by atoms with Crippen molar-refractivity contribution in [3.63, 3.8) is 0 Å². The van der Waals surface area contributed by atoms with Gasteiger partial charge >= 0.3 is 0 Å². The summed E-state index contributed by atoms with van der Waals surface area (Å²) in [6.45, 7) is 0.831. The second-order valence-electron chi connectivity index (χ2n) is 4.64. The van der Waals surface area contributed by atoms with Crippen LogP contribution in [0.25, 0.3) is 0 Å². The summed E-state index contributed by atoms with van der Waals surface area (Å²) < 4.78 is 26.7. The van der Waals surface area contributed by atoms with Gasteiger partial charge in [-0.2, -0.15) is 9.57 Å². The lowest BCUT2D eigenvalue weighted by Crippen LogP contribution is -2.47. The Kier molecular flexibility index (Phi) is 4.20. The van der Waals surface area contributed by atoms with Gasteiger partial charge in [0.05, 0.1) is 16.5 Å². The second kappa shape index (κ2) is 5.70. The molecule has 19 heavy (non-hydrogen) atoms. The van der Waals surface area contributed by atoms with Crippen molar-refractivity contribution in [1.82, 2.24) is 4.31 Å². The normalized spacial score (nSPS) is 20.9. The molecule has 1 fully saturated rings. The first-order valence-electron chi connectivity index (χ1n) is 6.31. The Hall–Kier alpha value is -1.42. The quantitative estimate of drug-likeness (QED) is 0.896. The highest BCUT2D eigenvalue weighted by atomic mass is 32.2. The summed E-state index contributed by atoms with van der Waals surface area (Å²) in [5.74, 6) is 0. The van der Waals surface area contributed by atoms with Crippen LogP contribution in [0.15, 0.2) is 29.2 Å². The molecule has 1 atom stereocenters. The van der Waals surface area contributed by atoms with Crippen LogP contribution in [0.5, 0.6) is 0 Å². The van der Waals surface area contributed by atoms with Crippen LogP contribution in [-0.2, 0) is 10.0 Å². The number of sulfonamides is 1. The van der Waals surface area contributed by atoms with Crippen molar-refractivity contribution in [2.75, 3.05) is 13.1 Å². The third kappa shape index (κ3) is 2.78. The van der Waals surface area contributed by atoms with Gasteiger partial charge in [-0.1, -0.05) is 12.5 Å². The van der Waals surface area contributed by atoms with Gasteiger partial charge in [0, 0.05) is 19.1 Å². The fourth-order valence-electron chi connectivity index (χ4n) is 2.39. The lowest BCUT2D eigenvalue weighted by molar-refractivity contribution is 0.257. The Morgan fingerprint density at radius 3 is 2.89 bits per heavy atom. The smallest absolute Gasteiger partial charge is 0.243 e. The van der Waals surface area contributed by atoms with Crippen LogP contribution in [0.3, 0.4) is 0 Å². The molecule has 2 rings (SSSR count). The van der Waals surface area contributed by atoms with E-state index in [0.717, 1.165) is 19.3 Å². The van der Waals surface area contributed by atoms with Gasteiger partial charge in [-0.05, 0) is 31.0 Å². The van der Waals surface area contributed by atoms with Crippen molar-refractivity contribution in [2.24, 2.45) is 5.73 Å². The van der Waals surface area contributed by atoms with Gasteiger partial charge in [-0.15, -0.1) is 0 Å². The molecule has 0 unspecified atom stereocenters. The first kappa shape index (κ1) is 14.0. The van der Waals surface area contributed by atoms with E-state index in [2.05, 4.69) is 0 Å². The molecule has 1 heterocycles. The Balaban J connectivity index is 2.38. The Labute approximate surface area is 113 Å². The van der Waals surface area contributed by atoms with Crippen LogP contribution < -0.4 is 5.73 Å². The third-order valence-electron chi connectivity index (χ3n) is 3.41. The zero-order valence-corrected chi connectivity index (χ0v) is 11.4. The molecule has 1 aromatic carbocycles. The van der Waals surface area contributed by atoms with Gasteiger partial charge in [0.15, 0.2) is 0 Å². The SMILES string of the molecule is N#Cc1cccc(S(=O)(=O)N2CCCC[C@H]2CN)c1. The highest BCUT2D eigenvalue weighted by Crippen LogP contribution is 2.25. The van der Waals surface area contributed by atoms with Crippen LogP contribution in [0.2, 0.25) is 0 Å². The Morgan fingerprint density at radius 1 is 1.42 bits per heavy atom.